The highest BCUT2D eigenvalue weighted by atomic mass is 16.6. The van der Waals surface area contributed by atoms with Crippen LogP contribution >= 0.6 is 0 Å². The summed E-state index contributed by atoms with van der Waals surface area (Å²) in [6, 6.07) is 0. The van der Waals surface area contributed by atoms with E-state index < -0.39 is 6.10 Å². The second kappa shape index (κ2) is 54.0. The molecule has 6 heteroatoms. The Morgan fingerprint density at radius 3 is 0.846 bits per heavy atom. The van der Waals surface area contributed by atoms with E-state index in [4.69, 9.17) is 14.2 Å². The molecule has 0 radical (unpaired) electrons. The van der Waals surface area contributed by atoms with Crippen LogP contribution in [0.4, 0.5) is 0 Å². The summed E-state index contributed by atoms with van der Waals surface area (Å²) in [7, 11) is 0. The Hall–Kier alpha value is -2.63. The third-order valence-electron chi connectivity index (χ3n) is 12.3. The molecule has 0 saturated heterocycles. The smallest absolute Gasteiger partial charge is 0.306 e. The van der Waals surface area contributed by atoms with Crippen molar-refractivity contribution in [3.8, 4) is 0 Å². The Labute approximate surface area is 403 Å². The predicted molar refractivity (Wildman–Crippen MR) is 279 cm³/mol. The van der Waals surface area contributed by atoms with Crippen molar-refractivity contribution in [1.82, 2.24) is 0 Å². The Morgan fingerprint density at radius 1 is 0.308 bits per heavy atom. The third kappa shape index (κ3) is 52.2. The highest BCUT2D eigenvalue weighted by molar-refractivity contribution is 5.71. The van der Waals surface area contributed by atoms with Crippen molar-refractivity contribution in [1.29, 1.82) is 0 Å². The van der Waals surface area contributed by atoms with Crippen LogP contribution in [0.1, 0.15) is 290 Å². The monoisotopic (exact) mass is 911 g/mol. The molecule has 0 bridgehead atoms. The summed E-state index contributed by atoms with van der Waals surface area (Å²) in [4.78, 5) is 37.8. The lowest BCUT2D eigenvalue weighted by molar-refractivity contribution is -0.167. The fourth-order valence-corrected chi connectivity index (χ4v) is 8.03. The summed E-state index contributed by atoms with van der Waals surface area (Å²) in [6.45, 7) is 6.55. The Bertz CT molecular complexity index is 1140. The van der Waals surface area contributed by atoms with E-state index in [-0.39, 0.29) is 31.1 Å². The fraction of sp³-hybridized carbons (Fsp3) is 0.814. The lowest BCUT2D eigenvalue weighted by Crippen LogP contribution is -2.30. The maximum atomic E-state index is 12.8. The molecule has 0 aliphatic heterocycles. The normalized spacial score (nSPS) is 12.4. The van der Waals surface area contributed by atoms with Crippen molar-refractivity contribution >= 4 is 17.9 Å². The predicted octanol–water partition coefficient (Wildman–Crippen LogP) is 18.7. The van der Waals surface area contributed by atoms with Gasteiger partial charge in [-0.25, -0.2) is 0 Å². The highest BCUT2D eigenvalue weighted by Gasteiger charge is 2.19. The van der Waals surface area contributed by atoms with Crippen molar-refractivity contribution < 1.29 is 28.6 Å². The third-order valence-corrected chi connectivity index (χ3v) is 12.3. The second-order valence-corrected chi connectivity index (χ2v) is 18.8. The number of carbonyl (C=O) groups is 3. The summed E-state index contributed by atoms with van der Waals surface area (Å²) >= 11 is 0. The highest BCUT2D eigenvalue weighted by Crippen LogP contribution is 2.15. The molecule has 1 unspecified atom stereocenters. The van der Waals surface area contributed by atoms with E-state index in [9.17, 15) is 14.4 Å². The number of unbranched alkanes of at least 4 members (excludes halogenated alkanes) is 32. The van der Waals surface area contributed by atoms with Gasteiger partial charge in [0.15, 0.2) is 6.10 Å². The number of hydrogen-bond donors (Lipinski definition) is 0. The molecule has 0 aliphatic rings. The van der Waals surface area contributed by atoms with E-state index in [1.807, 2.05) is 0 Å². The van der Waals surface area contributed by atoms with Crippen LogP contribution in [0.25, 0.3) is 0 Å². The van der Waals surface area contributed by atoms with E-state index in [2.05, 4.69) is 69.4 Å². The molecule has 0 aliphatic carbocycles. The lowest BCUT2D eigenvalue weighted by atomic mass is 10.1. The van der Waals surface area contributed by atoms with Crippen LogP contribution in [0.15, 0.2) is 48.6 Å². The van der Waals surface area contributed by atoms with Gasteiger partial charge in [0.05, 0.1) is 0 Å². The van der Waals surface area contributed by atoms with Crippen molar-refractivity contribution in [2.45, 2.75) is 297 Å². The fourth-order valence-electron chi connectivity index (χ4n) is 8.03. The molecule has 0 N–H and O–H groups in total. The van der Waals surface area contributed by atoms with Gasteiger partial charge in [-0.3, -0.25) is 14.4 Å². The summed E-state index contributed by atoms with van der Waals surface area (Å²) < 4.78 is 16.7. The lowest BCUT2D eigenvalue weighted by Gasteiger charge is -2.18. The van der Waals surface area contributed by atoms with Crippen LogP contribution in [-0.2, 0) is 28.6 Å². The van der Waals surface area contributed by atoms with Gasteiger partial charge in [-0.15, -0.1) is 0 Å². The van der Waals surface area contributed by atoms with E-state index in [0.29, 0.717) is 19.3 Å². The average molecular weight is 911 g/mol. The SMILES string of the molecule is CCCCCCC/C=C\C/C=C\CCCCCCCCCCCC(=O)OCC(COC(=O)CCCCCCC)OC(=O)CCCCCCCCCCC/C=C\C/C=C\CCCCCCC. The maximum absolute atomic E-state index is 12.8. The molecular formula is C59H106O6. The van der Waals surface area contributed by atoms with Gasteiger partial charge in [-0.2, -0.15) is 0 Å². The molecule has 0 saturated carbocycles. The first-order valence-corrected chi connectivity index (χ1v) is 28.1. The van der Waals surface area contributed by atoms with Crippen LogP contribution < -0.4 is 0 Å². The van der Waals surface area contributed by atoms with Crippen LogP contribution in [0.3, 0.4) is 0 Å². The topological polar surface area (TPSA) is 78.9 Å². The van der Waals surface area contributed by atoms with Crippen molar-refractivity contribution in [2.24, 2.45) is 0 Å². The molecule has 0 spiro atoms. The van der Waals surface area contributed by atoms with Crippen molar-refractivity contribution in [3.63, 3.8) is 0 Å². The molecular weight excluding hydrogens is 805 g/mol. The van der Waals surface area contributed by atoms with Crippen LogP contribution in [-0.4, -0.2) is 37.2 Å². The molecule has 378 valence electrons. The minimum Gasteiger partial charge on any atom is -0.462 e. The number of ether oxygens (including phenoxy) is 3. The Morgan fingerprint density at radius 2 is 0.554 bits per heavy atom. The van der Waals surface area contributed by atoms with Gasteiger partial charge in [0.1, 0.15) is 13.2 Å². The molecule has 0 fully saturated rings. The number of allylic oxidation sites excluding steroid dienone is 8. The van der Waals surface area contributed by atoms with Gasteiger partial charge in [0.2, 0.25) is 0 Å². The Kier molecular flexibility index (Phi) is 51.8. The quantitative estimate of drug-likeness (QED) is 0.0262. The first-order chi connectivity index (χ1) is 32.0. The number of hydrogen-bond acceptors (Lipinski definition) is 6. The van der Waals surface area contributed by atoms with Gasteiger partial charge in [0.25, 0.3) is 0 Å². The van der Waals surface area contributed by atoms with Gasteiger partial charge in [0, 0.05) is 19.3 Å². The number of rotatable bonds is 51. The first kappa shape index (κ1) is 62.4. The maximum Gasteiger partial charge on any atom is 0.306 e. The van der Waals surface area contributed by atoms with E-state index >= 15 is 0 Å². The zero-order chi connectivity index (χ0) is 47.2. The molecule has 0 amide bonds. The molecule has 0 rings (SSSR count). The summed E-state index contributed by atoms with van der Waals surface area (Å²) in [5.74, 6) is -0.888. The summed E-state index contributed by atoms with van der Waals surface area (Å²) in [6.07, 6.45) is 65.7. The molecule has 65 heavy (non-hydrogen) atoms. The van der Waals surface area contributed by atoms with Gasteiger partial charge in [-0.05, 0) is 83.5 Å². The largest absolute Gasteiger partial charge is 0.462 e. The van der Waals surface area contributed by atoms with Gasteiger partial charge >= 0.3 is 17.9 Å². The summed E-state index contributed by atoms with van der Waals surface area (Å²) in [5.41, 5.74) is 0. The van der Waals surface area contributed by atoms with Gasteiger partial charge in [-0.1, -0.05) is 236 Å². The first-order valence-electron chi connectivity index (χ1n) is 28.1. The number of esters is 3. The second-order valence-electron chi connectivity index (χ2n) is 18.8. The molecule has 0 aromatic heterocycles. The van der Waals surface area contributed by atoms with E-state index in [1.165, 1.54) is 173 Å². The molecule has 1 atom stereocenters. The zero-order valence-corrected chi connectivity index (χ0v) is 43.3. The minimum atomic E-state index is -0.773. The van der Waals surface area contributed by atoms with Crippen molar-refractivity contribution in [2.75, 3.05) is 13.2 Å². The van der Waals surface area contributed by atoms with E-state index in [0.717, 1.165) is 77.0 Å². The number of carbonyl (C=O) groups excluding carboxylic acids is 3. The van der Waals surface area contributed by atoms with Crippen LogP contribution in [0, 0.1) is 0 Å². The minimum absolute atomic E-state index is 0.0760. The molecule has 0 heterocycles. The molecule has 6 nitrogen and oxygen atoms in total. The molecule has 0 aromatic carbocycles. The molecule has 0 aromatic rings. The average Bonchev–Trinajstić information content (AvgIpc) is 3.30. The summed E-state index contributed by atoms with van der Waals surface area (Å²) in [5, 5.41) is 0. The van der Waals surface area contributed by atoms with E-state index in [1.54, 1.807) is 0 Å². The van der Waals surface area contributed by atoms with Crippen molar-refractivity contribution in [3.05, 3.63) is 48.6 Å². The van der Waals surface area contributed by atoms with Crippen LogP contribution in [0.5, 0.6) is 0 Å². The van der Waals surface area contributed by atoms with Gasteiger partial charge < -0.3 is 14.2 Å². The zero-order valence-electron chi connectivity index (χ0n) is 43.3. The standard InChI is InChI=1S/C59H106O6/c1-4-7-10-13-15-17-19-21-23-25-27-29-31-33-35-37-39-41-43-46-49-52-58(61)64-55-56(54-63-57(60)51-48-45-12-9-6-3)65-59(62)53-50-47-44-42-40-38-36-34-32-30-28-26-24-22-20-18-16-14-11-8-5-2/h19-22,25-28,56H,4-18,23-24,29-55H2,1-3H3/b21-19-,22-20-,27-25-,28-26-. The van der Waals surface area contributed by atoms with Crippen LogP contribution in [0.2, 0.25) is 0 Å². The Balaban J connectivity index is 4.12.